The van der Waals surface area contributed by atoms with Crippen molar-refractivity contribution < 1.29 is 28.2 Å². The van der Waals surface area contributed by atoms with Crippen LogP contribution in [0.15, 0.2) is 20.5 Å². The maximum absolute atomic E-state index is 13.7. The number of ether oxygens (including phenoxy) is 3. The number of esters is 1. The first-order chi connectivity index (χ1) is 18.6. The molecule has 1 aromatic rings. The van der Waals surface area contributed by atoms with Crippen LogP contribution in [0.3, 0.4) is 0 Å². The van der Waals surface area contributed by atoms with Gasteiger partial charge in [0.05, 0.1) is 17.9 Å². The Kier molecular flexibility index (Phi) is 9.81. The molecule has 7 heteroatoms. The molecule has 2 aliphatic heterocycles. The summed E-state index contributed by atoms with van der Waals surface area (Å²) in [5, 5.41) is 0. The fourth-order valence-electron chi connectivity index (χ4n) is 6.56. The minimum Gasteiger partial charge on any atom is -0.465 e. The van der Waals surface area contributed by atoms with Crippen LogP contribution in [0.5, 0.6) is 0 Å². The van der Waals surface area contributed by atoms with Gasteiger partial charge in [0.25, 0.3) is 0 Å². The molecule has 1 aromatic heterocycles. The fourth-order valence-corrected chi connectivity index (χ4v) is 6.56. The average molecular weight is 559 g/mol. The van der Waals surface area contributed by atoms with E-state index in [9.17, 15) is 14.4 Å². The van der Waals surface area contributed by atoms with Gasteiger partial charge in [-0.2, -0.15) is 0 Å². The third-order valence-corrected chi connectivity index (χ3v) is 9.32. The summed E-state index contributed by atoms with van der Waals surface area (Å²) >= 11 is 0. The number of hydrogen-bond acceptors (Lipinski definition) is 7. The summed E-state index contributed by atoms with van der Waals surface area (Å²) in [5.74, 6) is -1.30. The summed E-state index contributed by atoms with van der Waals surface area (Å²) in [7, 11) is 0. The quantitative estimate of drug-likeness (QED) is 0.324. The van der Waals surface area contributed by atoms with E-state index in [1.54, 1.807) is 13.8 Å². The molecule has 40 heavy (non-hydrogen) atoms. The van der Waals surface area contributed by atoms with Gasteiger partial charge < -0.3 is 18.6 Å². The summed E-state index contributed by atoms with van der Waals surface area (Å²) in [4.78, 5) is 39.9. The molecule has 3 rings (SSSR count). The Morgan fingerprint density at radius 1 is 1.00 bits per heavy atom. The lowest BCUT2D eigenvalue weighted by Crippen LogP contribution is -2.65. The van der Waals surface area contributed by atoms with Gasteiger partial charge in [-0.1, -0.05) is 55.4 Å². The summed E-state index contributed by atoms with van der Waals surface area (Å²) < 4.78 is 26.3. The molecule has 3 heterocycles. The molecule has 1 saturated heterocycles. The molecule has 2 aliphatic rings. The molecule has 8 atom stereocenters. The smallest absolute Gasteiger partial charge is 0.306 e. The molecule has 0 N–H and O–H groups in total. The molecule has 0 radical (unpaired) electrons. The second-order valence-electron chi connectivity index (χ2n) is 12.6. The average Bonchev–Trinajstić information content (AvgIpc) is 2.91. The normalized spacial score (nSPS) is 30.4. The minimum atomic E-state index is -1.34. The number of Topliss-reactive ketones (excluding diaryl/α,β-unsaturated/α-hetero) is 1. The first-order valence-corrected chi connectivity index (χ1v) is 15.1. The molecule has 1 spiro atoms. The Balaban J connectivity index is 2.19. The Labute approximate surface area is 240 Å². The third kappa shape index (κ3) is 5.55. The van der Waals surface area contributed by atoms with Crippen LogP contribution in [-0.2, 0) is 30.2 Å². The molecule has 0 amide bonds. The highest BCUT2D eigenvalue weighted by Gasteiger charge is 2.62. The standard InChI is InChI=1S/C33H50O7/c1-13-17(5)29-20(8)28(36)23(11)33(39-29)24(12)32(38-26(34)15-16(3)4)22(10)31(40-33)21(9)30-19(7)27(35)18(6)25(14-2)37-30/h16-17,21-24,31-32H,13-15H2,1-12H3. The van der Waals surface area contributed by atoms with Crippen LogP contribution >= 0.6 is 0 Å². The highest BCUT2D eigenvalue weighted by atomic mass is 16.7. The van der Waals surface area contributed by atoms with E-state index in [2.05, 4.69) is 6.92 Å². The molecule has 224 valence electrons. The molecule has 7 nitrogen and oxygen atoms in total. The van der Waals surface area contributed by atoms with E-state index in [1.807, 2.05) is 62.3 Å². The maximum atomic E-state index is 13.7. The minimum absolute atomic E-state index is 0.0192. The van der Waals surface area contributed by atoms with E-state index in [1.165, 1.54) is 0 Å². The monoisotopic (exact) mass is 558 g/mol. The Bertz CT molecular complexity index is 1210. The van der Waals surface area contributed by atoms with Gasteiger partial charge in [-0.15, -0.1) is 0 Å². The van der Waals surface area contributed by atoms with Crippen LogP contribution in [-0.4, -0.2) is 29.7 Å². The lowest BCUT2D eigenvalue weighted by Gasteiger charge is -2.56. The van der Waals surface area contributed by atoms with E-state index in [0.29, 0.717) is 46.8 Å². The van der Waals surface area contributed by atoms with Gasteiger partial charge >= 0.3 is 5.97 Å². The SMILES string of the molecule is CCc1oc(C(C)C2OC3(OC(C(C)CC)=C(C)C(=O)C3C)C(C)C(OC(=O)CC(C)C)C2C)c(C)c(=O)c1C. The highest BCUT2D eigenvalue weighted by Crippen LogP contribution is 2.52. The zero-order valence-corrected chi connectivity index (χ0v) is 26.6. The van der Waals surface area contributed by atoms with E-state index in [-0.39, 0.29) is 40.9 Å². The molecular weight excluding hydrogens is 508 g/mol. The van der Waals surface area contributed by atoms with E-state index in [0.717, 1.165) is 6.42 Å². The summed E-state index contributed by atoms with van der Waals surface area (Å²) in [6.07, 6.45) is 0.573. The van der Waals surface area contributed by atoms with E-state index < -0.39 is 29.8 Å². The predicted molar refractivity (Wildman–Crippen MR) is 155 cm³/mol. The molecule has 0 saturated carbocycles. The van der Waals surface area contributed by atoms with Gasteiger partial charge in [0, 0.05) is 47.3 Å². The van der Waals surface area contributed by atoms with Gasteiger partial charge in [0.1, 0.15) is 23.4 Å². The van der Waals surface area contributed by atoms with Gasteiger partial charge in [-0.3, -0.25) is 14.4 Å². The summed E-state index contributed by atoms with van der Waals surface area (Å²) in [6, 6.07) is 0. The number of hydrogen-bond donors (Lipinski definition) is 0. The molecule has 1 fully saturated rings. The zero-order chi connectivity index (χ0) is 30.3. The summed E-state index contributed by atoms with van der Waals surface area (Å²) in [5.41, 5.74) is 1.75. The van der Waals surface area contributed by atoms with Crippen LogP contribution in [0.2, 0.25) is 0 Å². The van der Waals surface area contributed by atoms with Crippen LogP contribution in [0.25, 0.3) is 0 Å². The van der Waals surface area contributed by atoms with Crippen molar-refractivity contribution >= 4 is 11.8 Å². The van der Waals surface area contributed by atoms with Crippen LogP contribution in [0, 0.1) is 43.4 Å². The van der Waals surface area contributed by atoms with Crippen molar-refractivity contribution in [1.82, 2.24) is 0 Å². The number of carbonyl (C=O) groups excluding carboxylic acids is 2. The zero-order valence-electron chi connectivity index (χ0n) is 26.6. The van der Waals surface area contributed by atoms with Crippen molar-refractivity contribution in [2.45, 2.75) is 126 Å². The van der Waals surface area contributed by atoms with Crippen LogP contribution in [0.4, 0.5) is 0 Å². The lowest BCUT2D eigenvalue weighted by atomic mass is 9.70. The highest BCUT2D eigenvalue weighted by molar-refractivity contribution is 5.98. The first kappa shape index (κ1) is 32.1. The van der Waals surface area contributed by atoms with Crippen LogP contribution in [0.1, 0.15) is 111 Å². The van der Waals surface area contributed by atoms with Crippen molar-refractivity contribution in [1.29, 1.82) is 0 Å². The number of carbonyl (C=O) groups is 2. The van der Waals surface area contributed by atoms with Crippen molar-refractivity contribution in [3.05, 3.63) is 44.2 Å². The molecule has 0 bridgehead atoms. The van der Waals surface area contributed by atoms with E-state index in [4.69, 9.17) is 18.6 Å². The van der Waals surface area contributed by atoms with Crippen molar-refractivity contribution in [2.75, 3.05) is 0 Å². The molecule has 0 aromatic carbocycles. The van der Waals surface area contributed by atoms with E-state index >= 15 is 0 Å². The van der Waals surface area contributed by atoms with Gasteiger partial charge in [-0.05, 0) is 40.0 Å². The Morgan fingerprint density at radius 3 is 2.17 bits per heavy atom. The van der Waals surface area contributed by atoms with Crippen molar-refractivity contribution in [3.63, 3.8) is 0 Å². The fraction of sp³-hybridized carbons (Fsp3) is 0.727. The third-order valence-electron chi connectivity index (χ3n) is 9.32. The van der Waals surface area contributed by atoms with Gasteiger partial charge in [-0.25, -0.2) is 0 Å². The topological polar surface area (TPSA) is 92.0 Å². The Hall–Kier alpha value is -2.41. The molecule has 8 unspecified atom stereocenters. The van der Waals surface area contributed by atoms with Crippen molar-refractivity contribution in [3.8, 4) is 0 Å². The number of allylic oxidation sites excluding steroid dienone is 2. The first-order valence-electron chi connectivity index (χ1n) is 15.1. The van der Waals surface area contributed by atoms with Crippen molar-refractivity contribution in [2.24, 2.45) is 29.6 Å². The summed E-state index contributed by atoms with van der Waals surface area (Å²) in [6.45, 7) is 23.2. The molecule has 0 aliphatic carbocycles. The van der Waals surface area contributed by atoms with Gasteiger partial charge in [0.15, 0.2) is 11.2 Å². The predicted octanol–water partition coefficient (Wildman–Crippen LogP) is 6.80. The largest absolute Gasteiger partial charge is 0.465 e. The Morgan fingerprint density at radius 2 is 1.62 bits per heavy atom. The number of ketones is 1. The second kappa shape index (κ2) is 12.2. The van der Waals surface area contributed by atoms with Crippen LogP contribution < -0.4 is 5.43 Å². The number of rotatable bonds is 8. The van der Waals surface area contributed by atoms with Gasteiger partial charge in [0.2, 0.25) is 5.79 Å². The second-order valence-corrected chi connectivity index (χ2v) is 12.6. The number of aryl methyl sites for hydroxylation is 1. The maximum Gasteiger partial charge on any atom is 0.306 e. The lowest BCUT2D eigenvalue weighted by molar-refractivity contribution is -0.347. The molecular formula is C33H50O7.